The largest absolute Gasteiger partial charge is 0.466 e. The van der Waals surface area contributed by atoms with E-state index in [4.69, 9.17) is 4.74 Å². The summed E-state index contributed by atoms with van der Waals surface area (Å²) < 4.78 is 5.66. The number of rotatable bonds is 8. The van der Waals surface area contributed by atoms with Gasteiger partial charge in [-0.05, 0) is 37.6 Å². The average Bonchev–Trinajstić information content (AvgIpc) is 3.29. The Hall–Kier alpha value is -2.19. The molecular weight excluding hydrogens is 384 g/mol. The first-order valence-electron chi connectivity index (χ1n) is 8.73. The van der Waals surface area contributed by atoms with Gasteiger partial charge in [-0.1, -0.05) is 11.8 Å². The Morgan fingerprint density at radius 3 is 2.74 bits per heavy atom. The Labute approximate surface area is 165 Å². The van der Waals surface area contributed by atoms with Crippen LogP contribution in [0, 0.1) is 0 Å². The van der Waals surface area contributed by atoms with Crippen LogP contribution in [0.4, 0.5) is 5.69 Å². The van der Waals surface area contributed by atoms with Gasteiger partial charge in [0.15, 0.2) is 10.1 Å². The molecule has 1 amide bonds. The predicted molar refractivity (Wildman–Crippen MR) is 106 cm³/mol. The van der Waals surface area contributed by atoms with Crippen molar-refractivity contribution in [1.29, 1.82) is 0 Å². The van der Waals surface area contributed by atoms with E-state index in [2.05, 4.69) is 4.98 Å². The van der Waals surface area contributed by atoms with E-state index < -0.39 is 0 Å². The third-order valence-corrected chi connectivity index (χ3v) is 6.13. The van der Waals surface area contributed by atoms with Crippen molar-refractivity contribution in [2.24, 2.45) is 0 Å². The number of aromatic nitrogens is 1. The quantitative estimate of drug-likeness (QED) is 0.381. The Balaban J connectivity index is 1.53. The number of ketones is 1. The summed E-state index contributed by atoms with van der Waals surface area (Å²) in [6.45, 7) is 2.85. The SMILES string of the molecule is CCOC(=O)Cc1csc(SCC(=O)c2ccc(N3CCCC3=O)cc2)n1. The second kappa shape index (κ2) is 9.14. The summed E-state index contributed by atoms with van der Waals surface area (Å²) in [5.74, 6) is 0.106. The van der Waals surface area contributed by atoms with Crippen LogP contribution in [0.5, 0.6) is 0 Å². The number of ether oxygens (including phenoxy) is 1. The summed E-state index contributed by atoms with van der Waals surface area (Å²) in [4.78, 5) is 41.7. The molecule has 1 fully saturated rings. The number of nitrogens with zero attached hydrogens (tertiary/aromatic N) is 2. The lowest BCUT2D eigenvalue weighted by atomic mass is 10.1. The number of thiazole rings is 1. The lowest BCUT2D eigenvalue weighted by Crippen LogP contribution is -2.23. The number of Topliss-reactive ketones (excluding diaryl/α,β-unsaturated/α-hetero) is 1. The van der Waals surface area contributed by atoms with Crippen LogP contribution in [0.15, 0.2) is 34.0 Å². The van der Waals surface area contributed by atoms with Gasteiger partial charge in [0.05, 0.1) is 24.5 Å². The van der Waals surface area contributed by atoms with Crippen molar-refractivity contribution in [3.63, 3.8) is 0 Å². The number of anilines is 1. The highest BCUT2D eigenvalue weighted by molar-refractivity contribution is 8.01. The molecule has 3 rings (SSSR count). The monoisotopic (exact) mass is 404 g/mol. The molecule has 0 atom stereocenters. The first-order valence-corrected chi connectivity index (χ1v) is 10.6. The molecule has 0 aliphatic carbocycles. The van der Waals surface area contributed by atoms with Crippen molar-refractivity contribution in [3.05, 3.63) is 40.9 Å². The zero-order valence-corrected chi connectivity index (χ0v) is 16.6. The van der Waals surface area contributed by atoms with Crippen molar-refractivity contribution in [1.82, 2.24) is 4.98 Å². The zero-order valence-electron chi connectivity index (χ0n) is 15.0. The number of carbonyl (C=O) groups excluding carboxylic acids is 3. The predicted octanol–water partition coefficient (Wildman–Crippen LogP) is 3.35. The number of hydrogen-bond acceptors (Lipinski definition) is 7. The van der Waals surface area contributed by atoms with Crippen LogP contribution in [0.2, 0.25) is 0 Å². The maximum absolute atomic E-state index is 12.4. The van der Waals surface area contributed by atoms with Crippen LogP contribution >= 0.6 is 23.1 Å². The van der Waals surface area contributed by atoms with Crippen LogP contribution < -0.4 is 4.90 Å². The topological polar surface area (TPSA) is 76.6 Å². The first kappa shape index (κ1) is 19.6. The molecular formula is C19H20N2O4S2. The minimum absolute atomic E-state index is 0.00133. The maximum Gasteiger partial charge on any atom is 0.311 e. The molecule has 0 unspecified atom stereocenters. The van der Waals surface area contributed by atoms with Crippen LogP contribution in [-0.2, 0) is 20.7 Å². The third kappa shape index (κ3) is 5.17. The van der Waals surface area contributed by atoms with Crippen molar-refractivity contribution in [3.8, 4) is 0 Å². The first-order chi connectivity index (χ1) is 13.1. The second-order valence-electron chi connectivity index (χ2n) is 5.99. The lowest BCUT2D eigenvalue weighted by molar-refractivity contribution is -0.142. The Kier molecular flexibility index (Phi) is 6.63. The van der Waals surface area contributed by atoms with Gasteiger partial charge < -0.3 is 9.64 Å². The van der Waals surface area contributed by atoms with E-state index in [0.29, 0.717) is 24.3 Å². The number of esters is 1. The molecule has 0 spiro atoms. The van der Waals surface area contributed by atoms with Gasteiger partial charge in [0, 0.05) is 29.6 Å². The molecule has 6 nitrogen and oxygen atoms in total. The number of hydrogen-bond donors (Lipinski definition) is 0. The van der Waals surface area contributed by atoms with Crippen molar-refractivity contribution >= 4 is 46.4 Å². The number of carbonyl (C=O) groups is 3. The highest BCUT2D eigenvalue weighted by Crippen LogP contribution is 2.25. The van der Waals surface area contributed by atoms with E-state index >= 15 is 0 Å². The Morgan fingerprint density at radius 1 is 1.30 bits per heavy atom. The summed E-state index contributed by atoms with van der Waals surface area (Å²) in [6, 6.07) is 7.17. The van der Waals surface area contributed by atoms with E-state index in [1.165, 1.54) is 23.1 Å². The highest BCUT2D eigenvalue weighted by Gasteiger charge is 2.21. The fourth-order valence-corrected chi connectivity index (χ4v) is 4.49. The molecule has 27 heavy (non-hydrogen) atoms. The van der Waals surface area contributed by atoms with E-state index in [1.54, 1.807) is 24.0 Å². The van der Waals surface area contributed by atoms with Gasteiger partial charge in [0.1, 0.15) is 0 Å². The fraction of sp³-hybridized carbons (Fsp3) is 0.368. The van der Waals surface area contributed by atoms with E-state index in [1.807, 2.05) is 17.5 Å². The fourth-order valence-electron chi connectivity index (χ4n) is 2.75. The van der Waals surface area contributed by atoms with E-state index in [-0.39, 0.29) is 29.8 Å². The number of benzene rings is 1. The number of thioether (sulfide) groups is 1. The lowest BCUT2D eigenvalue weighted by Gasteiger charge is -2.15. The molecule has 0 saturated carbocycles. The van der Waals surface area contributed by atoms with Crippen molar-refractivity contribution < 1.29 is 19.1 Å². The molecule has 1 aromatic carbocycles. The molecule has 1 saturated heterocycles. The van der Waals surface area contributed by atoms with Crippen LogP contribution in [0.3, 0.4) is 0 Å². The van der Waals surface area contributed by atoms with E-state index in [0.717, 1.165) is 23.0 Å². The molecule has 2 heterocycles. The summed E-state index contributed by atoms with van der Waals surface area (Å²) in [5.41, 5.74) is 2.11. The zero-order chi connectivity index (χ0) is 19.2. The van der Waals surface area contributed by atoms with Crippen molar-refractivity contribution in [2.75, 3.05) is 23.8 Å². The summed E-state index contributed by atoms with van der Waals surface area (Å²) in [6.07, 6.45) is 1.61. The standard InChI is InChI=1S/C19H20N2O4S2/c1-2-25-18(24)10-14-11-26-19(20-14)27-12-16(22)13-5-7-15(8-6-13)21-9-3-4-17(21)23/h5-8,11H,2-4,9-10,12H2,1H3. The van der Waals surface area contributed by atoms with Gasteiger partial charge in [-0.25, -0.2) is 4.98 Å². The molecule has 0 N–H and O–H groups in total. The third-order valence-electron chi connectivity index (χ3n) is 4.06. The van der Waals surface area contributed by atoms with Gasteiger partial charge in [-0.3, -0.25) is 14.4 Å². The van der Waals surface area contributed by atoms with Crippen LogP contribution in [0.1, 0.15) is 35.8 Å². The molecule has 1 aromatic heterocycles. The molecule has 1 aliphatic heterocycles. The molecule has 0 radical (unpaired) electrons. The van der Waals surface area contributed by atoms with Crippen molar-refractivity contribution in [2.45, 2.75) is 30.5 Å². The van der Waals surface area contributed by atoms with Gasteiger partial charge in [-0.15, -0.1) is 11.3 Å². The Morgan fingerprint density at radius 2 is 2.07 bits per heavy atom. The summed E-state index contributed by atoms with van der Waals surface area (Å²) in [5, 5.41) is 1.81. The minimum Gasteiger partial charge on any atom is -0.466 e. The number of amides is 1. The van der Waals surface area contributed by atoms with E-state index in [9.17, 15) is 14.4 Å². The van der Waals surface area contributed by atoms with Crippen LogP contribution in [0.25, 0.3) is 0 Å². The van der Waals surface area contributed by atoms with Gasteiger partial charge in [-0.2, -0.15) is 0 Å². The highest BCUT2D eigenvalue weighted by atomic mass is 32.2. The average molecular weight is 405 g/mol. The van der Waals surface area contributed by atoms with Crippen LogP contribution in [-0.4, -0.2) is 41.5 Å². The Bertz CT molecular complexity index is 832. The minimum atomic E-state index is -0.299. The molecule has 1 aliphatic rings. The smallest absolute Gasteiger partial charge is 0.311 e. The summed E-state index contributed by atoms with van der Waals surface area (Å²) >= 11 is 2.77. The molecule has 0 bridgehead atoms. The van der Waals surface area contributed by atoms with Gasteiger partial charge in [0.2, 0.25) is 5.91 Å². The normalized spacial score (nSPS) is 13.8. The molecule has 142 valence electrons. The summed E-state index contributed by atoms with van der Waals surface area (Å²) in [7, 11) is 0. The molecule has 2 aromatic rings. The second-order valence-corrected chi connectivity index (χ2v) is 8.07. The van der Waals surface area contributed by atoms with Gasteiger partial charge >= 0.3 is 5.97 Å². The molecule has 8 heteroatoms. The van der Waals surface area contributed by atoms with Gasteiger partial charge in [0.25, 0.3) is 0 Å². The maximum atomic E-state index is 12.4.